The molecule has 0 aromatic heterocycles. The topological polar surface area (TPSA) is 61.4 Å². The van der Waals surface area contributed by atoms with E-state index in [0.29, 0.717) is 11.4 Å². The van der Waals surface area contributed by atoms with Crippen molar-refractivity contribution in [2.75, 3.05) is 23.0 Å². The maximum Gasteiger partial charge on any atom is 0.319 e. The number of hydrogen-bond donors (Lipinski definition) is 2. The molecule has 3 rings (SSSR count). The van der Waals surface area contributed by atoms with Crippen molar-refractivity contribution in [3.05, 3.63) is 54.1 Å². The summed E-state index contributed by atoms with van der Waals surface area (Å²) in [4.78, 5) is 27.5. The molecule has 0 saturated carbocycles. The van der Waals surface area contributed by atoms with E-state index in [1.807, 2.05) is 55.5 Å². The zero-order chi connectivity index (χ0) is 17.1. The number of nitrogens with one attached hydrogen (secondary N) is 2. The predicted octanol–water partition coefficient (Wildman–Crippen LogP) is 3.25. The van der Waals surface area contributed by atoms with Gasteiger partial charge >= 0.3 is 6.03 Å². The Bertz CT molecular complexity index is 778. The number of para-hydroxylation sites is 1. The van der Waals surface area contributed by atoms with Crippen LogP contribution in [0.25, 0.3) is 0 Å². The zero-order valence-corrected chi connectivity index (χ0v) is 14.4. The number of rotatable bonds is 2. The molecule has 1 atom stereocenters. The Morgan fingerprint density at radius 1 is 1.21 bits per heavy atom. The molecular weight excluding hydrogens is 322 g/mol. The van der Waals surface area contributed by atoms with Gasteiger partial charge in [0, 0.05) is 23.4 Å². The van der Waals surface area contributed by atoms with Gasteiger partial charge in [0.05, 0.1) is 5.69 Å². The van der Waals surface area contributed by atoms with Crippen LogP contribution in [-0.2, 0) is 4.79 Å². The van der Waals surface area contributed by atoms with E-state index < -0.39 is 6.04 Å². The molecular formula is C18H19N3O2S. The van der Waals surface area contributed by atoms with E-state index in [-0.39, 0.29) is 11.9 Å². The Labute approximate surface area is 145 Å². The minimum atomic E-state index is -0.572. The summed E-state index contributed by atoms with van der Waals surface area (Å²) in [5.74, 6) is 0.383. The summed E-state index contributed by atoms with van der Waals surface area (Å²) in [5, 5.41) is 5.56. The highest BCUT2D eigenvalue weighted by atomic mass is 32.2. The maximum absolute atomic E-state index is 12.6. The van der Waals surface area contributed by atoms with Crippen molar-refractivity contribution in [3.63, 3.8) is 0 Å². The van der Waals surface area contributed by atoms with Gasteiger partial charge in [0.2, 0.25) is 5.91 Å². The van der Waals surface area contributed by atoms with Crippen molar-refractivity contribution >= 4 is 35.1 Å². The lowest BCUT2D eigenvalue weighted by atomic mass is 10.2. The first kappa shape index (κ1) is 16.4. The van der Waals surface area contributed by atoms with Crippen LogP contribution in [-0.4, -0.2) is 30.8 Å². The van der Waals surface area contributed by atoms with Crippen LogP contribution < -0.4 is 15.5 Å². The van der Waals surface area contributed by atoms with Gasteiger partial charge in [-0.15, -0.1) is 11.8 Å². The minimum absolute atomic E-state index is 0.119. The molecule has 2 aromatic carbocycles. The molecule has 6 heteroatoms. The van der Waals surface area contributed by atoms with Crippen molar-refractivity contribution in [3.8, 4) is 0 Å². The van der Waals surface area contributed by atoms with Crippen LogP contribution in [0.15, 0.2) is 53.4 Å². The Morgan fingerprint density at radius 2 is 2.00 bits per heavy atom. The number of hydrogen-bond acceptors (Lipinski definition) is 3. The largest absolute Gasteiger partial charge is 0.325 e. The molecule has 24 heavy (non-hydrogen) atoms. The standard InChI is InChI=1S/C18H19N3O2S/c1-12-6-5-7-13(10-12)19-18(23)20-14-11-24-16-9-4-3-8-15(16)21(2)17(14)22/h3-10,14H,11H2,1-2H3,(H2,19,20,23). The van der Waals surface area contributed by atoms with Gasteiger partial charge in [-0.3, -0.25) is 4.79 Å². The number of amides is 3. The third kappa shape index (κ3) is 3.54. The maximum atomic E-state index is 12.6. The van der Waals surface area contributed by atoms with Crippen molar-refractivity contribution in [2.45, 2.75) is 17.9 Å². The molecule has 3 amide bonds. The van der Waals surface area contributed by atoms with Crippen LogP contribution in [0.5, 0.6) is 0 Å². The van der Waals surface area contributed by atoms with Crippen molar-refractivity contribution < 1.29 is 9.59 Å². The lowest BCUT2D eigenvalue weighted by molar-refractivity contribution is -0.119. The molecule has 1 unspecified atom stereocenters. The Morgan fingerprint density at radius 3 is 2.79 bits per heavy atom. The van der Waals surface area contributed by atoms with Gasteiger partial charge in [0.1, 0.15) is 6.04 Å². The highest BCUT2D eigenvalue weighted by molar-refractivity contribution is 7.99. The van der Waals surface area contributed by atoms with E-state index in [4.69, 9.17) is 0 Å². The first-order chi connectivity index (χ1) is 11.5. The molecule has 0 radical (unpaired) electrons. The second kappa shape index (κ2) is 6.97. The zero-order valence-electron chi connectivity index (χ0n) is 13.6. The van der Waals surface area contributed by atoms with E-state index in [0.717, 1.165) is 16.1 Å². The predicted molar refractivity (Wildman–Crippen MR) is 97.7 cm³/mol. The van der Waals surface area contributed by atoms with Crippen molar-refractivity contribution in [1.29, 1.82) is 0 Å². The molecule has 0 spiro atoms. The number of aryl methyl sites for hydroxylation is 1. The number of thioether (sulfide) groups is 1. The third-order valence-corrected chi connectivity index (χ3v) is 5.00. The normalized spacial score (nSPS) is 17.0. The van der Waals surface area contributed by atoms with Crippen molar-refractivity contribution in [1.82, 2.24) is 5.32 Å². The molecule has 124 valence electrons. The van der Waals surface area contributed by atoms with Crippen LogP contribution in [0.4, 0.5) is 16.2 Å². The number of carbonyl (C=O) groups is 2. The summed E-state index contributed by atoms with van der Waals surface area (Å²) < 4.78 is 0. The van der Waals surface area contributed by atoms with E-state index in [1.165, 1.54) is 0 Å². The van der Waals surface area contributed by atoms with Gasteiger partial charge in [0.25, 0.3) is 0 Å². The van der Waals surface area contributed by atoms with E-state index in [2.05, 4.69) is 10.6 Å². The number of nitrogens with zero attached hydrogens (tertiary/aromatic N) is 1. The van der Waals surface area contributed by atoms with Crippen LogP contribution in [0.3, 0.4) is 0 Å². The number of carbonyl (C=O) groups excluding carboxylic acids is 2. The summed E-state index contributed by atoms with van der Waals surface area (Å²) >= 11 is 1.57. The monoisotopic (exact) mass is 341 g/mol. The molecule has 2 aromatic rings. The van der Waals surface area contributed by atoms with Gasteiger partial charge in [0.15, 0.2) is 0 Å². The van der Waals surface area contributed by atoms with Gasteiger partial charge in [-0.2, -0.15) is 0 Å². The first-order valence-corrected chi connectivity index (χ1v) is 8.67. The SMILES string of the molecule is Cc1cccc(NC(=O)NC2CSc3ccccc3N(C)C2=O)c1. The fraction of sp³-hybridized carbons (Fsp3) is 0.222. The molecule has 0 fully saturated rings. The van der Waals surface area contributed by atoms with Crippen LogP contribution >= 0.6 is 11.8 Å². The molecule has 0 saturated heterocycles. The van der Waals surface area contributed by atoms with Gasteiger partial charge in [-0.1, -0.05) is 24.3 Å². The molecule has 0 bridgehead atoms. The molecule has 1 aliphatic rings. The van der Waals surface area contributed by atoms with Crippen LogP contribution in [0, 0.1) is 6.92 Å². The smallest absolute Gasteiger partial charge is 0.319 e. The van der Waals surface area contributed by atoms with Gasteiger partial charge in [-0.25, -0.2) is 4.79 Å². The minimum Gasteiger partial charge on any atom is -0.325 e. The number of fused-ring (bicyclic) bond motifs is 1. The second-order valence-electron chi connectivity index (χ2n) is 5.70. The van der Waals surface area contributed by atoms with Crippen LogP contribution in [0.1, 0.15) is 5.56 Å². The molecule has 1 heterocycles. The van der Waals surface area contributed by atoms with Crippen molar-refractivity contribution in [2.24, 2.45) is 0 Å². The quantitative estimate of drug-likeness (QED) is 0.881. The lowest BCUT2D eigenvalue weighted by Gasteiger charge is -2.21. The van der Waals surface area contributed by atoms with Crippen LogP contribution in [0.2, 0.25) is 0 Å². The summed E-state index contributed by atoms with van der Waals surface area (Å²) in [6, 6.07) is 14.3. The third-order valence-electron chi connectivity index (χ3n) is 3.84. The average molecular weight is 341 g/mol. The van der Waals surface area contributed by atoms with Gasteiger partial charge in [-0.05, 0) is 36.8 Å². The molecule has 5 nitrogen and oxygen atoms in total. The fourth-order valence-electron chi connectivity index (χ4n) is 2.60. The number of benzene rings is 2. The second-order valence-corrected chi connectivity index (χ2v) is 6.76. The molecule has 0 aliphatic carbocycles. The number of urea groups is 1. The fourth-order valence-corrected chi connectivity index (χ4v) is 3.70. The molecule has 2 N–H and O–H groups in total. The Hall–Kier alpha value is -2.47. The summed E-state index contributed by atoms with van der Waals surface area (Å²) in [6.07, 6.45) is 0. The Balaban J connectivity index is 1.69. The van der Waals surface area contributed by atoms with Gasteiger partial charge < -0.3 is 15.5 Å². The number of anilines is 2. The highest BCUT2D eigenvalue weighted by Gasteiger charge is 2.29. The van der Waals surface area contributed by atoms with E-state index in [9.17, 15) is 9.59 Å². The first-order valence-electron chi connectivity index (χ1n) is 7.68. The summed E-state index contributed by atoms with van der Waals surface area (Å²) in [5.41, 5.74) is 2.64. The van der Waals surface area contributed by atoms with E-state index >= 15 is 0 Å². The lowest BCUT2D eigenvalue weighted by Crippen LogP contribution is -2.49. The Kier molecular flexibility index (Phi) is 4.76. The number of likely N-dealkylation sites (N-methyl/N-ethyl adjacent to an activating group) is 1. The summed E-state index contributed by atoms with van der Waals surface area (Å²) in [6.45, 7) is 1.96. The molecule has 1 aliphatic heterocycles. The van der Waals surface area contributed by atoms with E-state index in [1.54, 1.807) is 23.7 Å². The summed E-state index contributed by atoms with van der Waals surface area (Å²) in [7, 11) is 1.74. The highest BCUT2D eigenvalue weighted by Crippen LogP contribution is 2.33. The average Bonchev–Trinajstić information content (AvgIpc) is 2.67.